The van der Waals surface area contributed by atoms with Gasteiger partial charge >= 0.3 is 6.61 Å². The molecule has 0 saturated heterocycles. The molecule has 2 rings (SSSR count). The predicted molar refractivity (Wildman–Crippen MR) is 81.7 cm³/mol. The number of rotatable bonds is 5. The van der Waals surface area contributed by atoms with Crippen LogP contribution >= 0.6 is 0 Å². The Balaban J connectivity index is 2.16. The largest absolute Gasteiger partial charge is 0.435 e. The van der Waals surface area contributed by atoms with E-state index in [2.05, 4.69) is 15.4 Å². The number of benzene rings is 2. The highest BCUT2D eigenvalue weighted by Crippen LogP contribution is 2.21. The smallest absolute Gasteiger partial charge is 0.387 e. The van der Waals surface area contributed by atoms with Gasteiger partial charge in [-0.25, -0.2) is 4.39 Å². The van der Waals surface area contributed by atoms with Gasteiger partial charge in [0.2, 0.25) is 5.91 Å². The number of carbonyl (C=O) groups excluding carboxylic acids is 2. The number of carbonyl (C=O) groups is 2. The van der Waals surface area contributed by atoms with Crippen molar-refractivity contribution in [3.8, 4) is 5.75 Å². The molecular formula is C16H13F3N2O3. The fourth-order valence-corrected chi connectivity index (χ4v) is 1.91. The highest BCUT2D eigenvalue weighted by Gasteiger charge is 2.11. The number of amides is 2. The molecule has 0 unspecified atom stereocenters. The number of alkyl halides is 2. The maximum Gasteiger partial charge on any atom is 0.387 e. The lowest BCUT2D eigenvalue weighted by atomic mass is 10.2. The molecule has 0 aromatic heterocycles. The fourth-order valence-electron chi connectivity index (χ4n) is 1.91. The molecule has 5 nitrogen and oxygen atoms in total. The molecule has 0 aliphatic heterocycles. The average molecular weight is 338 g/mol. The van der Waals surface area contributed by atoms with Gasteiger partial charge in [-0.15, -0.1) is 0 Å². The summed E-state index contributed by atoms with van der Waals surface area (Å²) in [5.41, 5.74) is 0.221. The second-order valence-corrected chi connectivity index (χ2v) is 4.74. The van der Waals surface area contributed by atoms with Gasteiger partial charge in [-0.2, -0.15) is 8.78 Å². The zero-order chi connectivity index (χ0) is 17.7. The van der Waals surface area contributed by atoms with Crippen LogP contribution in [0.2, 0.25) is 0 Å². The summed E-state index contributed by atoms with van der Waals surface area (Å²) in [6.45, 7) is -1.78. The molecule has 0 bridgehead atoms. The summed E-state index contributed by atoms with van der Waals surface area (Å²) in [6.07, 6.45) is 0. The Morgan fingerprint density at radius 2 is 1.83 bits per heavy atom. The van der Waals surface area contributed by atoms with Crippen LogP contribution in [0.4, 0.5) is 24.5 Å². The van der Waals surface area contributed by atoms with E-state index in [0.717, 1.165) is 12.1 Å². The molecule has 0 aliphatic carbocycles. The molecule has 2 N–H and O–H groups in total. The first-order chi connectivity index (χ1) is 11.3. The summed E-state index contributed by atoms with van der Waals surface area (Å²) < 4.78 is 42.2. The van der Waals surface area contributed by atoms with E-state index in [0.29, 0.717) is 0 Å². The number of ether oxygens (including phenoxy) is 1. The van der Waals surface area contributed by atoms with Crippen LogP contribution in [0, 0.1) is 5.82 Å². The molecule has 0 heterocycles. The third kappa shape index (κ3) is 4.73. The lowest BCUT2D eigenvalue weighted by Gasteiger charge is -2.10. The zero-order valence-corrected chi connectivity index (χ0v) is 12.5. The number of hydrogen-bond acceptors (Lipinski definition) is 3. The first-order valence-corrected chi connectivity index (χ1v) is 6.78. The van der Waals surface area contributed by atoms with Gasteiger partial charge in [0.15, 0.2) is 0 Å². The van der Waals surface area contributed by atoms with Gasteiger partial charge in [0.25, 0.3) is 5.91 Å². The van der Waals surface area contributed by atoms with Crippen molar-refractivity contribution in [2.24, 2.45) is 0 Å². The van der Waals surface area contributed by atoms with Crippen LogP contribution in [0.3, 0.4) is 0 Å². The van der Waals surface area contributed by atoms with E-state index < -0.39 is 24.2 Å². The minimum absolute atomic E-state index is 0.0820. The Kier molecular flexibility index (Phi) is 5.41. The monoisotopic (exact) mass is 338 g/mol. The van der Waals surface area contributed by atoms with Crippen molar-refractivity contribution in [2.75, 3.05) is 10.6 Å². The van der Waals surface area contributed by atoms with Crippen LogP contribution in [0.5, 0.6) is 5.75 Å². The second-order valence-electron chi connectivity index (χ2n) is 4.74. The number of hydrogen-bond donors (Lipinski definition) is 2. The molecule has 8 heteroatoms. The molecule has 0 spiro atoms. The first-order valence-electron chi connectivity index (χ1n) is 6.78. The summed E-state index contributed by atoms with van der Waals surface area (Å²) in [5, 5.41) is 4.77. The predicted octanol–water partition coefficient (Wildman–Crippen LogP) is 3.64. The summed E-state index contributed by atoms with van der Waals surface area (Å²) in [6, 6.07) is 8.87. The van der Waals surface area contributed by atoms with Crippen LogP contribution in [0.25, 0.3) is 0 Å². The first kappa shape index (κ1) is 17.3. The van der Waals surface area contributed by atoms with Gasteiger partial charge in [0.05, 0.1) is 5.69 Å². The molecule has 2 aromatic carbocycles. The average Bonchev–Trinajstić information content (AvgIpc) is 2.49. The SMILES string of the molecule is CC(=O)Nc1cc(NC(=O)c2cccc(OC(F)F)c2)ccc1F. The summed E-state index contributed by atoms with van der Waals surface area (Å²) in [7, 11) is 0. The Labute approximate surface area is 135 Å². The minimum Gasteiger partial charge on any atom is -0.435 e. The maximum atomic E-state index is 13.5. The molecule has 0 fully saturated rings. The fraction of sp³-hybridized carbons (Fsp3) is 0.125. The third-order valence-electron chi connectivity index (χ3n) is 2.86. The van der Waals surface area contributed by atoms with E-state index in [9.17, 15) is 22.8 Å². The van der Waals surface area contributed by atoms with E-state index in [1.807, 2.05) is 0 Å². The molecule has 2 aromatic rings. The second kappa shape index (κ2) is 7.49. The summed E-state index contributed by atoms with van der Waals surface area (Å²) >= 11 is 0. The lowest BCUT2D eigenvalue weighted by Crippen LogP contribution is -2.13. The summed E-state index contributed by atoms with van der Waals surface area (Å²) in [5.74, 6) is -1.88. The van der Waals surface area contributed by atoms with Crippen LogP contribution in [-0.4, -0.2) is 18.4 Å². The van der Waals surface area contributed by atoms with Crippen molar-refractivity contribution < 1.29 is 27.5 Å². The normalized spacial score (nSPS) is 10.4. The van der Waals surface area contributed by atoms with Gasteiger partial charge < -0.3 is 15.4 Å². The third-order valence-corrected chi connectivity index (χ3v) is 2.86. The number of halogens is 3. The number of anilines is 2. The highest BCUT2D eigenvalue weighted by molar-refractivity contribution is 6.04. The van der Waals surface area contributed by atoms with E-state index >= 15 is 0 Å². The van der Waals surface area contributed by atoms with Crippen LogP contribution in [0.1, 0.15) is 17.3 Å². The van der Waals surface area contributed by atoms with Crippen LogP contribution < -0.4 is 15.4 Å². The Morgan fingerprint density at radius 3 is 2.50 bits per heavy atom. The van der Waals surface area contributed by atoms with Crippen molar-refractivity contribution in [1.29, 1.82) is 0 Å². The van der Waals surface area contributed by atoms with Gasteiger partial charge in [-0.05, 0) is 36.4 Å². The molecular weight excluding hydrogens is 325 g/mol. The lowest BCUT2D eigenvalue weighted by molar-refractivity contribution is -0.114. The van der Waals surface area contributed by atoms with E-state index in [4.69, 9.17) is 0 Å². The zero-order valence-electron chi connectivity index (χ0n) is 12.5. The topological polar surface area (TPSA) is 67.4 Å². The van der Waals surface area contributed by atoms with Crippen molar-refractivity contribution in [2.45, 2.75) is 13.5 Å². The minimum atomic E-state index is -3.00. The maximum absolute atomic E-state index is 13.5. The van der Waals surface area contributed by atoms with Crippen molar-refractivity contribution in [1.82, 2.24) is 0 Å². The van der Waals surface area contributed by atoms with Gasteiger partial charge in [0, 0.05) is 18.2 Å². The van der Waals surface area contributed by atoms with Crippen LogP contribution in [-0.2, 0) is 4.79 Å². The Hall–Kier alpha value is -3.03. The molecule has 0 atom stereocenters. The summed E-state index contributed by atoms with van der Waals surface area (Å²) in [4.78, 5) is 23.1. The van der Waals surface area contributed by atoms with E-state index in [1.165, 1.54) is 37.3 Å². The van der Waals surface area contributed by atoms with Crippen molar-refractivity contribution in [3.05, 3.63) is 53.8 Å². The molecule has 0 saturated carbocycles. The standard InChI is InChI=1S/C16H13F3N2O3/c1-9(22)20-14-8-11(5-6-13(14)17)21-15(23)10-3-2-4-12(7-10)24-16(18)19/h2-8,16H,1H3,(H,20,22)(H,21,23). The van der Waals surface area contributed by atoms with E-state index in [-0.39, 0.29) is 22.7 Å². The van der Waals surface area contributed by atoms with Crippen molar-refractivity contribution >= 4 is 23.2 Å². The Bertz CT molecular complexity index is 766. The van der Waals surface area contributed by atoms with Gasteiger partial charge in [-0.3, -0.25) is 9.59 Å². The molecule has 0 aliphatic rings. The van der Waals surface area contributed by atoms with Gasteiger partial charge in [0.1, 0.15) is 11.6 Å². The van der Waals surface area contributed by atoms with Gasteiger partial charge in [-0.1, -0.05) is 6.07 Å². The Morgan fingerprint density at radius 1 is 1.08 bits per heavy atom. The molecule has 0 radical (unpaired) electrons. The number of nitrogens with one attached hydrogen (secondary N) is 2. The molecule has 2 amide bonds. The molecule has 126 valence electrons. The van der Waals surface area contributed by atoms with Crippen LogP contribution in [0.15, 0.2) is 42.5 Å². The quantitative estimate of drug-likeness (QED) is 0.875. The molecule has 24 heavy (non-hydrogen) atoms. The highest BCUT2D eigenvalue weighted by atomic mass is 19.3. The van der Waals surface area contributed by atoms with Crippen molar-refractivity contribution in [3.63, 3.8) is 0 Å². The van der Waals surface area contributed by atoms with E-state index in [1.54, 1.807) is 0 Å².